The van der Waals surface area contributed by atoms with E-state index in [4.69, 9.17) is 14.1 Å². The number of para-hydroxylation sites is 1. The highest BCUT2D eigenvalue weighted by molar-refractivity contribution is 6.62. The van der Waals surface area contributed by atoms with Crippen molar-refractivity contribution >= 4 is 30.1 Å². The Morgan fingerprint density at radius 1 is 0.872 bits per heavy atom. The van der Waals surface area contributed by atoms with E-state index in [1.165, 1.54) is 0 Å². The van der Waals surface area contributed by atoms with Gasteiger partial charge in [0, 0.05) is 17.8 Å². The first-order valence-corrected chi connectivity index (χ1v) is 13.0. The highest BCUT2D eigenvalue weighted by atomic mass is 16.7. The molecule has 2 N–H and O–H groups in total. The first kappa shape index (κ1) is 28.5. The average molecular weight is 530 g/mol. The number of hydrogen-bond acceptors (Lipinski definition) is 6. The van der Waals surface area contributed by atoms with E-state index >= 15 is 0 Å². The van der Waals surface area contributed by atoms with Crippen molar-refractivity contribution < 1.29 is 28.8 Å². The van der Waals surface area contributed by atoms with Crippen LogP contribution in [0.5, 0.6) is 0 Å². The minimum Gasteiger partial charge on any atom is -0.399 e. The van der Waals surface area contributed by atoms with Gasteiger partial charge in [-0.1, -0.05) is 54.6 Å². The zero-order valence-electron chi connectivity index (χ0n) is 22.8. The molecule has 0 atom stereocenters. The highest BCUT2D eigenvalue weighted by Crippen LogP contribution is 2.36. The smallest absolute Gasteiger partial charge is 0.399 e. The van der Waals surface area contributed by atoms with Crippen LogP contribution in [-0.2, 0) is 32.0 Å². The summed E-state index contributed by atoms with van der Waals surface area (Å²) in [6, 6.07) is 23.7. The Hall–Kier alpha value is -3.50. The molecule has 39 heavy (non-hydrogen) atoms. The molecule has 4 rings (SSSR count). The summed E-state index contributed by atoms with van der Waals surface area (Å²) >= 11 is 0. The molecular formula is C30H35BN2O6. The van der Waals surface area contributed by atoms with Crippen LogP contribution >= 0.6 is 0 Å². The Morgan fingerprint density at radius 3 is 2.05 bits per heavy atom. The van der Waals surface area contributed by atoms with E-state index in [9.17, 15) is 14.7 Å². The van der Waals surface area contributed by atoms with Crippen LogP contribution in [-0.4, -0.2) is 48.4 Å². The van der Waals surface area contributed by atoms with Crippen molar-refractivity contribution in [2.45, 2.75) is 51.9 Å². The molecule has 0 bridgehead atoms. The SMILES string of the molecule is CC1(C)OB(c2ccc(CONC(=O)c3ccc(CC(=O)N(CCO)c4ccccc4)cc3)cc2)OC1(C)C. The standard InChI is InChI=1S/C30H35BN2O6/c1-29(2)30(3,4)39-31(38-29)25-16-12-23(13-17-25)21-37-32-28(36)24-14-10-22(11-15-24)20-27(35)33(18-19-34)26-8-6-5-7-9-26/h5-17,34H,18-21H2,1-4H3,(H,32,36). The predicted molar refractivity (Wildman–Crippen MR) is 150 cm³/mol. The van der Waals surface area contributed by atoms with Crippen LogP contribution < -0.4 is 15.8 Å². The van der Waals surface area contributed by atoms with E-state index in [1.807, 2.05) is 82.3 Å². The van der Waals surface area contributed by atoms with Crippen molar-refractivity contribution in [3.63, 3.8) is 0 Å². The number of carbonyl (C=O) groups is 2. The number of hydrogen-bond donors (Lipinski definition) is 2. The number of nitrogens with one attached hydrogen (secondary N) is 1. The number of anilines is 1. The number of aliphatic hydroxyl groups excluding tert-OH is 1. The largest absolute Gasteiger partial charge is 0.494 e. The number of benzene rings is 3. The molecule has 2 amide bonds. The number of aliphatic hydroxyl groups is 1. The van der Waals surface area contributed by atoms with Gasteiger partial charge in [0.15, 0.2) is 0 Å². The lowest BCUT2D eigenvalue weighted by Crippen LogP contribution is -2.41. The molecule has 1 saturated heterocycles. The summed E-state index contributed by atoms with van der Waals surface area (Å²) in [5, 5.41) is 9.38. The second kappa shape index (κ2) is 12.1. The molecule has 1 aliphatic heterocycles. The quantitative estimate of drug-likeness (QED) is 0.308. The van der Waals surface area contributed by atoms with E-state index in [1.54, 1.807) is 29.2 Å². The lowest BCUT2D eigenvalue weighted by molar-refractivity contribution is -0.118. The van der Waals surface area contributed by atoms with Gasteiger partial charge in [-0.15, -0.1) is 0 Å². The summed E-state index contributed by atoms with van der Waals surface area (Å²) in [7, 11) is -0.431. The van der Waals surface area contributed by atoms with Crippen LogP contribution in [0, 0.1) is 0 Å². The van der Waals surface area contributed by atoms with Crippen LogP contribution in [0.2, 0.25) is 0 Å². The van der Waals surface area contributed by atoms with Gasteiger partial charge in [-0.3, -0.25) is 14.4 Å². The second-order valence-corrected chi connectivity index (χ2v) is 10.5. The Bertz CT molecular complexity index is 1250. The third kappa shape index (κ3) is 6.93. The number of nitrogens with zero attached hydrogens (tertiary/aromatic N) is 1. The maximum absolute atomic E-state index is 12.9. The molecule has 8 nitrogen and oxygen atoms in total. The molecule has 0 aliphatic carbocycles. The van der Waals surface area contributed by atoms with Gasteiger partial charge in [0.05, 0.1) is 30.8 Å². The molecule has 0 saturated carbocycles. The molecule has 1 aliphatic rings. The average Bonchev–Trinajstić information content (AvgIpc) is 3.14. The maximum atomic E-state index is 12.9. The fraction of sp³-hybridized carbons (Fsp3) is 0.333. The van der Waals surface area contributed by atoms with Crippen molar-refractivity contribution in [1.82, 2.24) is 5.48 Å². The molecule has 0 spiro atoms. The first-order chi connectivity index (χ1) is 18.6. The molecule has 9 heteroatoms. The van der Waals surface area contributed by atoms with E-state index in [2.05, 4.69) is 5.48 Å². The lowest BCUT2D eigenvalue weighted by atomic mass is 9.79. The van der Waals surface area contributed by atoms with Crippen molar-refractivity contribution in [1.29, 1.82) is 0 Å². The summed E-state index contributed by atoms with van der Waals surface area (Å²) in [5.41, 5.74) is 5.37. The van der Waals surface area contributed by atoms with E-state index in [0.29, 0.717) is 5.56 Å². The normalized spacial score (nSPS) is 15.7. The fourth-order valence-corrected chi connectivity index (χ4v) is 4.14. The third-order valence-electron chi connectivity index (χ3n) is 7.17. The summed E-state index contributed by atoms with van der Waals surface area (Å²) in [5.74, 6) is -0.520. The zero-order valence-corrected chi connectivity index (χ0v) is 22.8. The third-order valence-corrected chi connectivity index (χ3v) is 7.17. The highest BCUT2D eigenvalue weighted by Gasteiger charge is 2.51. The van der Waals surface area contributed by atoms with Crippen LogP contribution in [0.3, 0.4) is 0 Å². The summed E-state index contributed by atoms with van der Waals surface area (Å²) in [6.07, 6.45) is 0.148. The Balaban J connectivity index is 1.26. The predicted octanol–water partition coefficient (Wildman–Crippen LogP) is 3.42. The van der Waals surface area contributed by atoms with Gasteiger partial charge in [-0.05, 0) is 68.6 Å². The van der Waals surface area contributed by atoms with Crippen molar-refractivity contribution in [3.05, 3.63) is 95.6 Å². The topological polar surface area (TPSA) is 97.3 Å². The molecular weight excluding hydrogens is 495 g/mol. The zero-order chi connectivity index (χ0) is 28.0. The number of hydroxylamine groups is 1. The molecule has 1 fully saturated rings. The van der Waals surface area contributed by atoms with Gasteiger partial charge in [-0.2, -0.15) is 0 Å². The van der Waals surface area contributed by atoms with Crippen molar-refractivity contribution in [3.8, 4) is 0 Å². The van der Waals surface area contributed by atoms with Crippen molar-refractivity contribution in [2.24, 2.45) is 0 Å². The monoisotopic (exact) mass is 530 g/mol. The van der Waals surface area contributed by atoms with Crippen LogP contribution in [0.15, 0.2) is 78.9 Å². The lowest BCUT2D eigenvalue weighted by Gasteiger charge is -2.32. The summed E-state index contributed by atoms with van der Waals surface area (Å²) < 4.78 is 12.2. The van der Waals surface area contributed by atoms with Gasteiger partial charge in [0.2, 0.25) is 5.91 Å². The second-order valence-electron chi connectivity index (χ2n) is 10.5. The Labute approximate surface area is 230 Å². The van der Waals surface area contributed by atoms with Gasteiger partial charge >= 0.3 is 7.12 Å². The summed E-state index contributed by atoms with van der Waals surface area (Å²) in [6.45, 7) is 8.34. The van der Waals surface area contributed by atoms with Gasteiger partial charge in [0.25, 0.3) is 5.91 Å². The van der Waals surface area contributed by atoms with E-state index in [-0.39, 0.29) is 38.0 Å². The molecule has 3 aromatic rings. The first-order valence-electron chi connectivity index (χ1n) is 13.0. The van der Waals surface area contributed by atoms with Crippen LogP contribution in [0.4, 0.5) is 5.69 Å². The number of carbonyl (C=O) groups excluding carboxylic acids is 2. The summed E-state index contributed by atoms with van der Waals surface area (Å²) in [4.78, 5) is 32.4. The van der Waals surface area contributed by atoms with Crippen LogP contribution in [0.25, 0.3) is 0 Å². The molecule has 204 valence electrons. The fourth-order valence-electron chi connectivity index (χ4n) is 4.14. The molecule has 3 aromatic carbocycles. The Morgan fingerprint density at radius 2 is 1.46 bits per heavy atom. The Kier molecular flexibility index (Phi) is 8.87. The molecule has 0 unspecified atom stereocenters. The molecule has 1 heterocycles. The minimum atomic E-state index is -0.431. The minimum absolute atomic E-state index is 0.135. The number of amides is 2. The number of rotatable bonds is 10. The van der Waals surface area contributed by atoms with Gasteiger partial charge in [-0.25, -0.2) is 5.48 Å². The van der Waals surface area contributed by atoms with Crippen molar-refractivity contribution in [2.75, 3.05) is 18.1 Å². The van der Waals surface area contributed by atoms with E-state index < -0.39 is 18.3 Å². The van der Waals surface area contributed by atoms with Gasteiger partial charge < -0.3 is 19.3 Å². The maximum Gasteiger partial charge on any atom is 0.494 e. The van der Waals surface area contributed by atoms with Gasteiger partial charge in [0.1, 0.15) is 0 Å². The molecule has 0 aromatic heterocycles. The molecule has 0 radical (unpaired) electrons. The van der Waals surface area contributed by atoms with E-state index in [0.717, 1.165) is 22.3 Å². The van der Waals surface area contributed by atoms with Crippen LogP contribution in [0.1, 0.15) is 49.2 Å².